The van der Waals surface area contributed by atoms with Crippen molar-refractivity contribution in [2.24, 2.45) is 11.3 Å². The van der Waals surface area contributed by atoms with Crippen molar-refractivity contribution in [1.82, 2.24) is 30.2 Å². The maximum Gasteiger partial charge on any atom is 0.248 e. The third-order valence-electron chi connectivity index (χ3n) is 7.63. The highest BCUT2D eigenvalue weighted by molar-refractivity contribution is 5.90. The van der Waals surface area contributed by atoms with Crippen LogP contribution in [-0.2, 0) is 9.59 Å². The van der Waals surface area contributed by atoms with Crippen molar-refractivity contribution in [2.75, 3.05) is 6.54 Å². The van der Waals surface area contributed by atoms with Gasteiger partial charge in [0.2, 0.25) is 11.8 Å². The number of aromatic nitrogens is 4. The van der Waals surface area contributed by atoms with Gasteiger partial charge in [0, 0.05) is 31.3 Å². The summed E-state index contributed by atoms with van der Waals surface area (Å²) in [4.78, 5) is 33.5. The molecule has 3 aliphatic rings. The number of rotatable bonds is 7. The van der Waals surface area contributed by atoms with E-state index in [4.69, 9.17) is 0 Å². The van der Waals surface area contributed by atoms with Gasteiger partial charge in [-0.1, -0.05) is 38.5 Å². The molecule has 9 heteroatoms. The van der Waals surface area contributed by atoms with E-state index < -0.39 is 23.6 Å². The van der Waals surface area contributed by atoms with E-state index >= 15 is 0 Å². The second-order valence-corrected chi connectivity index (χ2v) is 11.5. The van der Waals surface area contributed by atoms with E-state index in [1.165, 1.54) is 0 Å². The second kappa shape index (κ2) is 9.33. The Balaban J connectivity index is 1.37. The number of aliphatic hydroxyl groups is 1. The molecule has 5 rings (SSSR count). The average Bonchev–Trinajstić information content (AvgIpc) is 3.39. The van der Waals surface area contributed by atoms with Gasteiger partial charge in [-0.15, -0.1) is 5.10 Å². The van der Waals surface area contributed by atoms with Gasteiger partial charge < -0.3 is 15.3 Å². The van der Waals surface area contributed by atoms with E-state index in [9.17, 15) is 14.7 Å². The monoisotopic (exact) mass is 480 g/mol. The van der Waals surface area contributed by atoms with Crippen LogP contribution in [0.25, 0.3) is 0 Å². The van der Waals surface area contributed by atoms with Crippen LogP contribution in [0.3, 0.4) is 0 Å². The maximum atomic E-state index is 13.9. The molecule has 35 heavy (non-hydrogen) atoms. The molecule has 0 aromatic carbocycles. The Kier molecular flexibility index (Phi) is 6.38. The van der Waals surface area contributed by atoms with E-state index in [2.05, 4.69) is 20.6 Å². The molecule has 1 aliphatic heterocycles. The fourth-order valence-corrected chi connectivity index (χ4v) is 5.34. The summed E-state index contributed by atoms with van der Waals surface area (Å²) in [7, 11) is 0. The zero-order valence-electron chi connectivity index (χ0n) is 20.8. The van der Waals surface area contributed by atoms with Crippen LogP contribution in [0, 0.1) is 11.3 Å². The number of carbonyl (C=O) groups excluding carboxylic acids is 2. The number of hydrogen-bond donors (Lipinski definition) is 2. The minimum Gasteiger partial charge on any atom is -0.391 e. The molecule has 2 saturated carbocycles. The van der Waals surface area contributed by atoms with Crippen LogP contribution in [0.2, 0.25) is 0 Å². The first kappa shape index (κ1) is 23.9. The molecule has 2 aliphatic carbocycles. The molecule has 4 atom stereocenters. The van der Waals surface area contributed by atoms with Gasteiger partial charge in [0.05, 0.1) is 23.5 Å². The normalized spacial score (nSPS) is 24.6. The summed E-state index contributed by atoms with van der Waals surface area (Å²) >= 11 is 0. The Morgan fingerprint density at radius 3 is 2.54 bits per heavy atom. The lowest BCUT2D eigenvalue weighted by Crippen LogP contribution is -2.51. The van der Waals surface area contributed by atoms with Crippen LogP contribution >= 0.6 is 0 Å². The molecule has 1 saturated heterocycles. The summed E-state index contributed by atoms with van der Waals surface area (Å²) in [5.41, 5.74) is 1.30. The molecule has 3 heterocycles. The first-order chi connectivity index (χ1) is 16.7. The van der Waals surface area contributed by atoms with Crippen molar-refractivity contribution in [3.63, 3.8) is 0 Å². The minimum absolute atomic E-state index is 0.130. The summed E-state index contributed by atoms with van der Waals surface area (Å²) < 4.78 is 1.65. The number of hydrogen-bond acceptors (Lipinski definition) is 6. The van der Waals surface area contributed by atoms with Crippen molar-refractivity contribution in [3.05, 3.63) is 42.0 Å². The summed E-state index contributed by atoms with van der Waals surface area (Å²) in [6, 6.07) is 4.18. The summed E-state index contributed by atoms with van der Waals surface area (Å²) in [5, 5.41) is 22.3. The Bertz CT molecular complexity index is 1060. The number of β-amino-alcohol motifs (C(OH)–C–C–N with tert-alkyl or cyclic N) is 1. The topological polar surface area (TPSA) is 113 Å². The van der Waals surface area contributed by atoms with Gasteiger partial charge in [-0.25, -0.2) is 4.68 Å². The molecule has 188 valence electrons. The molecule has 3 unspecified atom stereocenters. The predicted octanol–water partition coefficient (Wildman–Crippen LogP) is 2.76. The number of nitrogens with one attached hydrogen (secondary N) is 1. The molecule has 2 amide bonds. The lowest BCUT2D eigenvalue weighted by atomic mass is 9.78. The highest BCUT2D eigenvalue weighted by Gasteiger charge is 2.46. The average molecular weight is 481 g/mol. The Hall–Kier alpha value is -2.81. The fourth-order valence-electron chi connectivity index (χ4n) is 5.34. The number of amides is 2. The third kappa shape index (κ3) is 4.96. The summed E-state index contributed by atoms with van der Waals surface area (Å²) in [6.07, 6.45) is 8.52. The summed E-state index contributed by atoms with van der Waals surface area (Å²) in [6.45, 7) is 6.10. The third-order valence-corrected chi connectivity index (χ3v) is 7.63. The van der Waals surface area contributed by atoms with Crippen molar-refractivity contribution < 1.29 is 14.7 Å². The van der Waals surface area contributed by atoms with E-state index in [1.807, 2.05) is 45.2 Å². The van der Waals surface area contributed by atoms with Crippen molar-refractivity contribution in [3.8, 4) is 0 Å². The summed E-state index contributed by atoms with van der Waals surface area (Å²) in [5.74, 6) is 0.325. The number of carbonyl (C=O) groups is 2. The van der Waals surface area contributed by atoms with Crippen LogP contribution in [0.4, 0.5) is 0 Å². The zero-order valence-corrected chi connectivity index (χ0v) is 20.8. The number of nitrogens with zero attached hydrogens (tertiary/aromatic N) is 5. The van der Waals surface area contributed by atoms with Gasteiger partial charge in [0.25, 0.3) is 0 Å². The van der Waals surface area contributed by atoms with Crippen LogP contribution < -0.4 is 5.32 Å². The van der Waals surface area contributed by atoms with Gasteiger partial charge in [0.15, 0.2) is 0 Å². The van der Waals surface area contributed by atoms with Crippen molar-refractivity contribution >= 4 is 11.8 Å². The molecule has 3 fully saturated rings. The van der Waals surface area contributed by atoms with E-state index in [1.54, 1.807) is 15.8 Å². The SMILES string of the molecule is CC(C)(C)[C@H](C(=O)N1CC(O)CC1C(=O)NC(c1ccccn1)C1CCC1)n1cc(C2CC2)nn1. The maximum absolute atomic E-state index is 13.9. The number of likely N-dealkylation sites (tertiary alicyclic amines) is 1. The number of aliphatic hydroxyl groups excluding tert-OH is 1. The molecule has 9 nitrogen and oxygen atoms in total. The Labute approximate surface area is 206 Å². The van der Waals surface area contributed by atoms with Gasteiger partial charge in [-0.3, -0.25) is 14.6 Å². The van der Waals surface area contributed by atoms with E-state index in [-0.39, 0.29) is 30.8 Å². The van der Waals surface area contributed by atoms with Gasteiger partial charge in [-0.05, 0) is 49.1 Å². The molecule has 2 N–H and O–H groups in total. The van der Waals surface area contributed by atoms with Crippen molar-refractivity contribution in [2.45, 2.75) is 89.4 Å². The van der Waals surface area contributed by atoms with Crippen LogP contribution in [-0.4, -0.2) is 60.5 Å². The Morgan fingerprint density at radius 1 is 1.17 bits per heavy atom. The molecular weight excluding hydrogens is 444 g/mol. The lowest BCUT2D eigenvalue weighted by Gasteiger charge is -2.37. The predicted molar refractivity (Wildman–Crippen MR) is 129 cm³/mol. The highest BCUT2D eigenvalue weighted by atomic mass is 16.3. The van der Waals surface area contributed by atoms with Gasteiger partial charge in [0.1, 0.15) is 12.1 Å². The highest BCUT2D eigenvalue weighted by Crippen LogP contribution is 2.41. The Morgan fingerprint density at radius 2 is 1.94 bits per heavy atom. The standard InChI is InChI=1S/C26H36N6O3/c1-26(2,3)23(32-15-20(29-30-32)16-10-11-16)25(35)31-14-18(33)13-21(31)24(34)28-22(17-7-6-8-17)19-9-4-5-12-27-19/h4-5,9,12,15-18,21-23,33H,6-8,10-11,13-14H2,1-3H3,(H,28,34)/t18?,21?,22?,23-/m0/s1. The van der Waals surface area contributed by atoms with E-state index in [0.717, 1.165) is 43.5 Å². The van der Waals surface area contributed by atoms with Gasteiger partial charge in [-0.2, -0.15) is 0 Å². The quantitative estimate of drug-likeness (QED) is 0.630. The van der Waals surface area contributed by atoms with Crippen LogP contribution in [0.1, 0.15) is 88.7 Å². The molecule has 2 aromatic heterocycles. The molecule has 0 bridgehead atoms. The molecule has 2 aromatic rings. The van der Waals surface area contributed by atoms with Crippen LogP contribution in [0.15, 0.2) is 30.6 Å². The van der Waals surface area contributed by atoms with Gasteiger partial charge >= 0.3 is 0 Å². The molecule has 0 radical (unpaired) electrons. The fraction of sp³-hybridized carbons (Fsp3) is 0.654. The van der Waals surface area contributed by atoms with E-state index in [0.29, 0.717) is 11.8 Å². The largest absolute Gasteiger partial charge is 0.391 e. The van der Waals surface area contributed by atoms with Crippen molar-refractivity contribution in [1.29, 1.82) is 0 Å². The number of pyridine rings is 1. The second-order valence-electron chi connectivity index (χ2n) is 11.5. The zero-order chi connectivity index (χ0) is 24.7. The molecule has 0 spiro atoms. The first-order valence-electron chi connectivity index (χ1n) is 12.8. The lowest BCUT2D eigenvalue weighted by molar-refractivity contribution is -0.144. The minimum atomic E-state index is -0.745. The first-order valence-corrected chi connectivity index (χ1v) is 12.8. The smallest absolute Gasteiger partial charge is 0.248 e. The molecular formula is C26H36N6O3. The van der Waals surface area contributed by atoms with Crippen LogP contribution in [0.5, 0.6) is 0 Å².